The van der Waals surface area contributed by atoms with Gasteiger partial charge < -0.3 is 20.1 Å². The second-order valence-electron chi connectivity index (χ2n) is 3.15. The molecule has 0 saturated carbocycles. The summed E-state index contributed by atoms with van der Waals surface area (Å²) in [5.41, 5.74) is 0. The number of para-hydroxylation sites is 3. The molecule has 0 unspecified atom stereocenters. The maximum absolute atomic E-state index is 11.4. The van der Waals surface area contributed by atoms with E-state index in [1.165, 1.54) is 30.3 Å². The zero-order chi connectivity index (χ0) is 11.5. The maximum atomic E-state index is 11.4. The van der Waals surface area contributed by atoms with E-state index in [9.17, 15) is 15.3 Å². The number of phenols is 1. The number of aromatic hydroxyl groups is 1. The number of phenolic OH excluding ortho intramolecular Hbond substituents is 1. The first kappa shape index (κ1) is 14.0. The van der Waals surface area contributed by atoms with E-state index in [2.05, 4.69) is 0 Å². The maximum Gasteiger partial charge on any atom is 2.00 e. The number of hydrogen-bond donors (Lipinski definition) is 1. The van der Waals surface area contributed by atoms with Crippen LogP contribution in [-0.4, -0.2) is 42.8 Å². The smallest absolute Gasteiger partial charge is 0.870 e. The Hall–Kier alpha value is -1.10. The van der Waals surface area contributed by atoms with Crippen LogP contribution in [-0.2, 0) is 0 Å². The molecule has 0 fully saturated rings. The minimum atomic E-state index is -0.634. The molecule has 0 amide bonds. The monoisotopic (exact) mass is 256 g/mol. The van der Waals surface area contributed by atoms with Crippen molar-refractivity contribution in [3.63, 3.8) is 0 Å². The molecule has 17 heavy (non-hydrogen) atoms. The average Bonchev–Trinajstić information content (AvgIpc) is 2.28. The second kappa shape index (κ2) is 6.00. The van der Waals surface area contributed by atoms with Crippen LogP contribution in [0.15, 0.2) is 42.5 Å². The minimum absolute atomic E-state index is 0. The van der Waals surface area contributed by atoms with Crippen LogP contribution in [0.1, 0.15) is 0 Å². The molecule has 0 aromatic heterocycles. The van der Waals surface area contributed by atoms with Gasteiger partial charge in [0.1, 0.15) is 17.2 Å². The van der Waals surface area contributed by atoms with Crippen molar-refractivity contribution in [3.8, 4) is 28.7 Å². The van der Waals surface area contributed by atoms with Gasteiger partial charge in [-0.2, -0.15) is 0 Å². The molecule has 0 aliphatic heterocycles. The van der Waals surface area contributed by atoms with Gasteiger partial charge in [-0.3, -0.25) is 0 Å². The molecule has 0 aliphatic carbocycles. The first-order valence-electron chi connectivity index (χ1n) is 4.61. The topological polar surface area (TPSA) is 75.6 Å². The molecule has 0 aliphatic rings. The SMILES string of the molecule is [Ca+2].[O-]c1ccccc1Oc1cccc(O)c1[O-]. The van der Waals surface area contributed by atoms with Gasteiger partial charge in [0.05, 0.1) is 0 Å². The molecule has 2 rings (SSSR count). The van der Waals surface area contributed by atoms with Crippen LogP contribution in [0.2, 0.25) is 0 Å². The third kappa shape index (κ3) is 3.19. The fourth-order valence-electron chi connectivity index (χ4n) is 1.24. The first-order chi connectivity index (χ1) is 7.68. The fourth-order valence-corrected chi connectivity index (χ4v) is 1.24. The Morgan fingerprint density at radius 2 is 1.53 bits per heavy atom. The Morgan fingerprint density at radius 1 is 0.882 bits per heavy atom. The van der Waals surface area contributed by atoms with Crippen molar-refractivity contribution in [1.82, 2.24) is 0 Å². The van der Waals surface area contributed by atoms with E-state index < -0.39 is 11.5 Å². The molecule has 0 heterocycles. The van der Waals surface area contributed by atoms with Crippen molar-refractivity contribution in [1.29, 1.82) is 0 Å². The van der Waals surface area contributed by atoms with E-state index in [4.69, 9.17) is 4.74 Å². The van der Waals surface area contributed by atoms with Gasteiger partial charge in [0.25, 0.3) is 0 Å². The van der Waals surface area contributed by atoms with E-state index in [0.29, 0.717) is 0 Å². The van der Waals surface area contributed by atoms with Crippen LogP contribution < -0.4 is 14.9 Å². The molecule has 1 N–H and O–H groups in total. The Bertz CT molecular complexity index is 514. The third-order valence-corrected chi connectivity index (χ3v) is 2.03. The Kier molecular flexibility index (Phi) is 4.93. The fraction of sp³-hybridized carbons (Fsp3) is 0. The summed E-state index contributed by atoms with van der Waals surface area (Å²) in [6.45, 7) is 0. The van der Waals surface area contributed by atoms with Crippen LogP contribution in [0.4, 0.5) is 0 Å². The predicted octanol–water partition coefficient (Wildman–Crippen LogP) is 0.951. The van der Waals surface area contributed by atoms with Crippen molar-refractivity contribution < 1.29 is 20.1 Å². The van der Waals surface area contributed by atoms with E-state index in [1.54, 1.807) is 12.1 Å². The molecule has 4 nitrogen and oxygen atoms in total. The molecule has 0 radical (unpaired) electrons. The van der Waals surface area contributed by atoms with Gasteiger partial charge in [-0.05, 0) is 23.9 Å². The number of benzene rings is 2. The summed E-state index contributed by atoms with van der Waals surface area (Å²) in [4.78, 5) is 0. The molecule has 0 spiro atoms. The van der Waals surface area contributed by atoms with E-state index in [1.807, 2.05) is 0 Å². The van der Waals surface area contributed by atoms with Gasteiger partial charge in [0, 0.05) is 0 Å². The Balaban J connectivity index is 0.00000144. The summed E-state index contributed by atoms with van der Waals surface area (Å²) in [5.74, 6) is -1.36. The molecule has 5 heteroatoms. The molecular formula is C12H8CaO4. The van der Waals surface area contributed by atoms with Crippen LogP contribution in [0, 0.1) is 0 Å². The molecule has 2 aromatic rings. The van der Waals surface area contributed by atoms with Gasteiger partial charge in [-0.1, -0.05) is 30.0 Å². The van der Waals surface area contributed by atoms with Crippen molar-refractivity contribution in [2.45, 2.75) is 0 Å². The Labute approximate surface area is 128 Å². The molecule has 82 valence electrons. The number of rotatable bonds is 2. The van der Waals surface area contributed by atoms with E-state index in [-0.39, 0.29) is 55.0 Å². The van der Waals surface area contributed by atoms with Crippen LogP contribution in [0.25, 0.3) is 0 Å². The summed E-state index contributed by atoms with van der Waals surface area (Å²) in [6, 6.07) is 10.1. The largest absolute Gasteiger partial charge is 2.00 e. The molecule has 0 bridgehead atoms. The van der Waals surface area contributed by atoms with Crippen LogP contribution in [0.5, 0.6) is 28.7 Å². The zero-order valence-corrected chi connectivity index (χ0v) is 11.1. The molecule has 0 saturated heterocycles. The van der Waals surface area contributed by atoms with Crippen molar-refractivity contribution in [2.75, 3.05) is 0 Å². The first-order valence-corrected chi connectivity index (χ1v) is 4.61. The summed E-state index contributed by atoms with van der Waals surface area (Å²) in [7, 11) is 0. The van der Waals surface area contributed by atoms with Gasteiger partial charge in [0.2, 0.25) is 0 Å². The summed E-state index contributed by atoms with van der Waals surface area (Å²) >= 11 is 0. The summed E-state index contributed by atoms with van der Waals surface area (Å²) in [5, 5.41) is 31.9. The van der Waals surface area contributed by atoms with Gasteiger partial charge >= 0.3 is 37.7 Å². The standard InChI is InChI=1S/C12H10O4.Ca/c13-8-4-1-2-6-10(8)16-11-7-3-5-9(14)12(11)15;/h1-7,13-15H;/q;+2/p-2. The van der Waals surface area contributed by atoms with Crippen LogP contribution >= 0.6 is 0 Å². The summed E-state index contributed by atoms with van der Waals surface area (Å²) < 4.78 is 5.14. The Morgan fingerprint density at radius 3 is 2.24 bits per heavy atom. The quantitative estimate of drug-likeness (QED) is 0.812. The zero-order valence-electron chi connectivity index (χ0n) is 8.92. The third-order valence-electron chi connectivity index (χ3n) is 2.03. The second-order valence-corrected chi connectivity index (χ2v) is 3.15. The van der Waals surface area contributed by atoms with E-state index in [0.717, 1.165) is 0 Å². The minimum Gasteiger partial charge on any atom is -0.870 e. The van der Waals surface area contributed by atoms with Crippen molar-refractivity contribution in [2.24, 2.45) is 0 Å². The van der Waals surface area contributed by atoms with Crippen molar-refractivity contribution >= 4 is 37.7 Å². The predicted molar refractivity (Wildman–Crippen MR) is 59.3 cm³/mol. The molecule has 0 atom stereocenters. The molecule has 2 aromatic carbocycles. The summed E-state index contributed by atoms with van der Waals surface area (Å²) in [6.07, 6.45) is 0. The van der Waals surface area contributed by atoms with Gasteiger partial charge in [-0.15, -0.1) is 0 Å². The van der Waals surface area contributed by atoms with E-state index >= 15 is 0 Å². The van der Waals surface area contributed by atoms with Crippen molar-refractivity contribution in [3.05, 3.63) is 42.5 Å². The van der Waals surface area contributed by atoms with Gasteiger partial charge in [0.15, 0.2) is 0 Å². The number of hydrogen-bond acceptors (Lipinski definition) is 4. The average molecular weight is 256 g/mol. The normalized spacial score (nSPS) is 9.41. The number of ether oxygens (including phenoxy) is 1. The van der Waals surface area contributed by atoms with Gasteiger partial charge in [-0.25, -0.2) is 0 Å². The van der Waals surface area contributed by atoms with Crippen LogP contribution in [0.3, 0.4) is 0 Å². The molecular weight excluding hydrogens is 248 g/mol.